The number of aliphatic hydroxyl groups is 1. The maximum atomic E-state index is 13.4. The first-order valence-corrected chi connectivity index (χ1v) is 8.34. The van der Waals surface area contributed by atoms with Gasteiger partial charge in [0.05, 0.1) is 43.8 Å². The van der Waals surface area contributed by atoms with Crippen LogP contribution in [-0.4, -0.2) is 45.0 Å². The predicted octanol–water partition coefficient (Wildman–Crippen LogP) is 2.92. The molecule has 0 saturated carbocycles. The van der Waals surface area contributed by atoms with Gasteiger partial charge in [-0.1, -0.05) is 11.6 Å². The maximum absolute atomic E-state index is 13.4. The minimum absolute atomic E-state index is 0.00583. The molecule has 0 saturated heterocycles. The number of hydrogen-bond donors (Lipinski definition) is 3. The van der Waals surface area contributed by atoms with Crippen molar-refractivity contribution in [1.29, 1.82) is 0 Å². The predicted molar refractivity (Wildman–Crippen MR) is 101 cm³/mol. The molecule has 0 bridgehead atoms. The van der Waals surface area contributed by atoms with Crippen molar-refractivity contribution in [3.8, 4) is 17.2 Å². The van der Waals surface area contributed by atoms with Crippen LogP contribution >= 0.6 is 11.6 Å². The SMILES string of the molecule is COc1cc(OC)c(NC(=O)CNc2ccc(F)cc2OCCO)cc1Cl. The zero-order chi connectivity index (χ0) is 19.8. The molecule has 1 amide bonds. The fourth-order valence-corrected chi connectivity index (χ4v) is 2.49. The lowest BCUT2D eigenvalue weighted by atomic mass is 10.2. The third-order valence-electron chi connectivity index (χ3n) is 3.48. The van der Waals surface area contributed by atoms with Crippen molar-refractivity contribution in [2.24, 2.45) is 0 Å². The van der Waals surface area contributed by atoms with Gasteiger partial charge in [0.2, 0.25) is 5.91 Å². The van der Waals surface area contributed by atoms with Crippen LogP contribution in [-0.2, 0) is 4.79 Å². The molecular formula is C18H20ClFN2O5. The fourth-order valence-electron chi connectivity index (χ4n) is 2.24. The van der Waals surface area contributed by atoms with Gasteiger partial charge in [0.1, 0.15) is 29.7 Å². The molecule has 0 fully saturated rings. The number of benzene rings is 2. The third-order valence-corrected chi connectivity index (χ3v) is 3.78. The number of amides is 1. The van der Waals surface area contributed by atoms with E-state index in [2.05, 4.69) is 10.6 Å². The van der Waals surface area contributed by atoms with E-state index in [0.717, 1.165) is 0 Å². The summed E-state index contributed by atoms with van der Waals surface area (Å²) in [5.74, 6) is 0.129. The Morgan fingerprint density at radius 3 is 2.52 bits per heavy atom. The molecule has 0 aliphatic heterocycles. The largest absolute Gasteiger partial charge is 0.495 e. The summed E-state index contributed by atoms with van der Waals surface area (Å²) in [5, 5.41) is 14.7. The molecule has 27 heavy (non-hydrogen) atoms. The lowest BCUT2D eigenvalue weighted by Crippen LogP contribution is -2.22. The van der Waals surface area contributed by atoms with E-state index in [-0.39, 0.29) is 31.4 Å². The van der Waals surface area contributed by atoms with Crippen molar-refractivity contribution < 1.29 is 28.5 Å². The standard InChI is InChI=1S/C18H20ClFN2O5/c1-25-15-9-16(26-2)14(8-12(15)19)22-18(24)10-21-13-4-3-11(20)7-17(13)27-6-5-23/h3-4,7-9,21,23H,5-6,10H2,1-2H3,(H,22,24). The number of methoxy groups -OCH3 is 2. The van der Waals surface area contributed by atoms with E-state index in [4.69, 9.17) is 30.9 Å². The Labute approximate surface area is 161 Å². The first-order valence-electron chi connectivity index (χ1n) is 7.97. The van der Waals surface area contributed by atoms with Gasteiger partial charge < -0.3 is 30.0 Å². The molecule has 0 atom stereocenters. The molecule has 9 heteroatoms. The molecule has 0 aliphatic rings. The lowest BCUT2D eigenvalue weighted by Gasteiger charge is -2.15. The molecule has 0 heterocycles. The zero-order valence-electron chi connectivity index (χ0n) is 14.8. The molecule has 7 nitrogen and oxygen atoms in total. The summed E-state index contributed by atoms with van der Waals surface area (Å²) in [4.78, 5) is 12.3. The number of carbonyl (C=O) groups is 1. The molecule has 0 spiro atoms. The van der Waals surface area contributed by atoms with Gasteiger partial charge in [-0.25, -0.2) is 4.39 Å². The van der Waals surface area contributed by atoms with E-state index in [0.29, 0.717) is 27.9 Å². The smallest absolute Gasteiger partial charge is 0.243 e. The lowest BCUT2D eigenvalue weighted by molar-refractivity contribution is -0.114. The van der Waals surface area contributed by atoms with Gasteiger partial charge >= 0.3 is 0 Å². The van der Waals surface area contributed by atoms with Gasteiger partial charge in [-0.05, 0) is 18.2 Å². The number of carbonyl (C=O) groups excluding carboxylic acids is 1. The summed E-state index contributed by atoms with van der Waals surface area (Å²) >= 11 is 6.08. The second kappa shape index (κ2) is 9.84. The molecule has 2 aromatic carbocycles. The molecule has 0 aromatic heterocycles. The molecule has 0 unspecified atom stereocenters. The van der Waals surface area contributed by atoms with E-state index >= 15 is 0 Å². The number of aliphatic hydroxyl groups excluding tert-OH is 1. The van der Waals surface area contributed by atoms with E-state index in [9.17, 15) is 9.18 Å². The van der Waals surface area contributed by atoms with E-state index in [1.54, 1.807) is 6.07 Å². The summed E-state index contributed by atoms with van der Waals surface area (Å²) in [5.41, 5.74) is 0.797. The van der Waals surface area contributed by atoms with Gasteiger partial charge in [-0.2, -0.15) is 0 Å². The van der Waals surface area contributed by atoms with E-state index < -0.39 is 5.82 Å². The number of ether oxygens (including phenoxy) is 3. The molecule has 2 aromatic rings. The second-order valence-electron chi connectivity index (χ2n) is 5.30. The Bertz CT molecular complexity index is 804. The van der Waals surface area contributed by atoms with Crippen LogP contribution in [0.25, 0.3) is 0 Å². The topological polar surface area (TPSA) is 89.1 Å². The van der Waals surface area contributed by atoms with Crippen molar-refractivity contribution in [2.75, 3.05) is 44.6 Å². The quantitative estimate of drug-likeness (QED) is 0.602. The first kappa shape index (κ1) is 20.6. The molecule has 2 rings (SSSR count). The molecule has 0 radical (unpaired) electrons. The number of nitrogens with one attached hydrogen (secondary N) is 2. The molecule has 146 valence electrons. The highest BCUT2D eigenvalue weighted by molar-refractivity contribution is 6.32. The van der Waals surface area contributed by atoms with Crippen molar-refractivity contribution in [3.63, 3.8) is 0 Å². The second-order valence-corrected chi connectivity index (χ2v) is 5.71. The molecule has 3 N–H and O–H groups in total. The van der Waals surface area contributed by atoms with Gasteiger partial charge in [0, 0.05) is 12.1 Å². The van der Waals surface area contributed by atoms with Crippen LogP contribution in [0, 0.1) is 5.82 Å². The highest BCUT2D eigenvalue weighted by Crippen LogP contribution is 2.35. The Hall–Kier alpha value is -2.71. The number of hydrogen-bond acceptors (Lipinski definition) is 6. The van der Waals surface area contributed by atoms with Crippen LogP contribution < -0.4 is 24.8 Å². The molecule has 0 aliphatic carbocycles. The average molecular weight is 399 g/mol. The van der Waals surface area contributed by atoms with Gasteiger partial charge in [-0.15, -0.1) is 0 Å². The van der Waals surface area contributed by atoms with Crippen molar-refractivity contribution >= 4 is 28.9 Å². The maximum Gasteiger partial charge on any atom is 0.243 e. The van der Waals surface area contributed by atoms with Crippen molar-refractivity contribution in [3.05, 3.63) is 41.2 Å². The molecular weight excluding hydrogens is 379 g/mol. The minimum atomic E-state index is -0.490. The Morgan fingerprint density at radius 1 is 1.11 bits per heavy atom. The monoisotopic (exact) mass is 398 g/mol. The van der Waals surface area contributed by atoms with Crippen molar-refractivity contribution in [2.45, 2.75) is 0 Å². The van der Waals surface area contributed by atoms with Gasteiger partial charge in [-0.3, -0.25) is 4.79 Å². The Balaban J connectivity index is 2.06. The van der Waals surface area contributed by atoms with E-state index in [1.807, 2.05) is 0 Å². The van der Waals surface area contributed by atoms with Crippen LogP contribution in [0.3, 0.4) is 0 Å². The normalized spacial score (nSPS) is 10.3. The number of anilines is 2. The van der Waals surface area contributed by atoms with Crippen molar-refractivity contribution in [1.82, 2.24) is 0 Å². The van der Waals surface area contributed by atoms with Crippen LogP contribution in [0.1, 0.15) is 0 Å². The van der Waals surface area contributed by atoms with E-state index in [1.165, 1.54) is 38.5 Å². The van der Waals surface area contributed by atoms with Crippen LogP contribution in [0.2, 0.25) is 5.02 Å². The summed E-state index contributed by atoms with van der Waals surface area (Å²) < 4.78 is 29.0. The fraction of sp³-hybridized carbons (Fsp3) is 0.278. The van der Waals surface area contributed by atoms with Gasteiger partial charge in [0.15, 0.2) is 0 Å². The number of rotatable bonds is 9. The highest BCUT2D eigenvalue weighted by Gasteiger charge is 2.13. The third kappa shape index (κ3) is 5.63. The van der Waals surface area contributed by atoms with Gasteiger partial charge in [0.25, 0.3) is 0 Å². The highest BCUT2D eigenvalue weighted by atomic mass is 35.5. The summed E-state index contributed by atoms with van der Waals surface area (Å²) in [7, 11) is 2.93. The Morgan fingerprint density at radius 2 is 1.85 bits per heavy atom. The summed E-state index contributed by atoms with van der Waals surface area (Å²) in [6.45, 7) is -0.325. The number of halogens is 2. The van der Waals surface area contributed by atoms with Crippen LogP contribution in [0.5, 0.6) is 17.2 Å². The summed E-state index contributed by atoms with van der Waals surface area (Å²) in [6.07, 6.45) is 0. The minimum Gasteiger partial charge on any atom is -0.495 e. The Kier molecular flexibility index (Phi) is 7.51. The summed E-state index contributed by atoms with van der Waals surface area (Å²) in [6, 6.07) is 6.93. The average Bonchev–Trinajstić information content (AvgIpc) is 2.65. The first-order chi connectivity index (χ1) is 13.0. The van der Waals surface area contributed by atoms with Crippen LogP contribution in [0.15, 0.2) is 30.3 Å². The van der Waals surface area contributed by atoms with Crippen LogP contribution in [0.4, 0.5) is 15.8 Å². The zero-order valence-corrected chi connectivity index (χ0v) is 15.6.